The molecule has 0 saturated heterocycles. The molecule has 120 valence electrons. The summed E-state index contributed by atoms with van der Waals surface area (Å²) in [5.74, 6) is -1.02. The van der Waals surface area contributed by atoms with Crippen LogP contribution < -0.4 is 5.32 Å². The molecule has 1 heterocycles. The van der Waals surface area contributed by atoms with Crippen molar-refractivity contribution in [1.82, 2.24) is 9.36 Å². The predicted molar refractivity (Wildman–Crippen MR) is 79.2 cm³/mol. The van der Waals surface area contributed by atoms with Gasteiger partial charge in [0, 0.05) is 31.6 Å². The molecule has 1 aromatic heterocycles. The second kappa shape index (κ2) is 7.55. The molecule has 22 heavy (non-hydrogen) atoms. The summed E-state index contributed by atoms with van der Waals surface area (Å²) in [6, 6.07) is 7.84. The monoisotopic (exact) mass is 331 g/mol. The number of rotatable bonds is 7. The van der Waals surface area contributed by atoms with E-state index in [0.717, 1.165) is 11.5 Å². The molecule has 1 aromatic carbocycles. The molecule has 0 aliphatic heterocycles. The Kier molecular flexibility index (Phi) is 5.73. The van der Waals surface area contributed by atoms with E-state index in [4.69, 9.17) is 4.74 Å². The molecule has 0 fully saturated rings. The van der Waals surface area contributed by atoms with Crippen molar-refractivity contribution in [3.8, 4) is 0 Å². The van der Waals surface area contributed by atoms with Crippen molar-refractivity contribution in [1.29, 1.82) is 0 Å². The van der Waals surface area contributed by atoms with Crippen molar-refractivity contribution >= 4 is 16.7 Å². The Morgan fingerprint density at radius 2 is 2.00 bits per heavy atom. The maximum atomic E-state index is 13.2. The van der Waals surface area contributed by atoms with Gasteiger partial charge in [-0.1, -0.05) is 30.3 Å². The molecule has 1 atom stereocenters. The van der Waals surface area contributed by atoms with Crippen molar-refractivity contribution < 1.29 is 17.9 Å². The molecule has 0 spiro atoms. The van der Waals surface area contributed by atoms with Crippen molar-refractivity contribution in [3.63, 3.8) is 0 Å². The summed E-state index contributed by atoms with van der Waals surface area (Å²) >= 11 is 1.05. The van der Waals surface area contributed by atoms with Crippen LogP contribution in [0.1, 0.15) is 17.3 Å². The van der Waals surface area contributed by atoms with E-state index >= 15 is 0 Å². The van der Waals surface area contributed by atoms with Crippen LogP contribution in [0.25, 0.3) is 0 Å². The lowest BCUT2D eigenvalue weighted by molar-refractivity contribution is -0.147. The molecule has 0 amide bonds. The Balaban J connectivity index is 2.01. The first kappa shape index (κ1) is 16.7. The molecule has 1 unspecified atom stereocenters. The second-order valence-electron chi connectivity index (χ2n) is 4.64. The van der Waals surface area contributed by atoms with E-state index in [1.54, 1.807) is 25.3 Å². The van der Waals surface area contributed by atoms with Crippen LogP contribution in [0.2, 0.25) is 0 Å². The summed E-state index contributed by atoms with van der Waals surface area (Å²) in [5, 5.41) is 3.12. The zero-order chi connectivity index (χ0) is 16.0. The van der Waals surface area contributed by atoms with Gasteiger partial charge < -0.3 is 10.1 Å². The van der Waals surface area contributed by atoms with E-state index in [1.807, 2.05) is 0 Å². The first-order valence-corrected chi connectivity index (χ1v) is 7.45. The van der Waals surface area contributed by atoms with Gasteiger partial charge >= 0.3 is 6.18 Å². The van der Waals surface area contributed by atoms with E-state index < -0.39 is 12.1 Å². The summed E-state index contributed by atoms with van der Waals surface area (Å²) in [5.41, 5.74) is 0.228. The van der Waals surface area contributed by atoms with E-state index in [0.29, 0.717) is 24.0 Å². The van der Waals surface area contributed by atoms with Crippen molar-refractivity contribution in [3.05, 3.63) is 41.7 Å². The molecule has 4 nitrogen and oxygen atoms in total. The lowest BCUT2D eigenvalue weighted by Gasteiger charge is -2.20. The summed E-state index contributed by atoms with van der Waals surface area (Å²) in [7, 11) is 1.57. The van der Waals surface area contributed by atoms with Crippen molar-refractivity contribution in [2.24, 2.45) is 0 Å². The normalized spacial score (nSPS) is 13.1. The van der Waals surface area contributed by atoms with Gasteiger partial charge in [0.25, 0.3) is 0 Å². The third-order valence-corrected chi connectivity index (χ3v) is 3.76. The lowest BCUT2D eigenvalue weighted by Crippen LogP contribution is -2.27. The Labute approximate surface area is 130 Å². The molecule has 0 bridgehead atoms. The van der Waals surface area contributed by atoms with Crippen LogP contribution in [0.15, 0.2) is 30.3 Å². The minimum atomic E-state index is -4.32. The number of alkyl halides is 3. The zero-order valence-electron chi connectivity index (χ0n) is 11.9. The highest BCUT2D eigenvalue weighted by Crippen LogP contribution is 2.35. The molecule has 0 aliphatic rings. The van der Waals surface area contributed by atoms with Crippen LogP contribution in [0, 0.1) is 0 Å². The standard InChI is InChI=1S/C14H16F3N3OS/c1-21-8-7-12-19-13(22-20-12)18-9-11(14(15,16)17)10-5-3-2-4-6-10/h2-6,11H,7-9H2,1H3,(H,18,19,20). The highest BCUT2D eigenvalue weighted by atomic mass is 32.1. The van der Waals surface area contributed by atoms with Gasteiger partial charge in [-0.3, -0.25) is 0 Å². The van der Waals surface area contributed by atoms with Gasteiger partial charge in [-0.15, -0.1) is 0 Å². The Bertz CT molecular complexity index is 574. The molecule has 0 radical (unpaired) electrons. The smallest absolute Gasteiger partial charge is 0.384 e. The van der Waals surface area contributed by atoms with Crippen LogP contribution in [-0.4, -0.2) is 35.8 Å². The number of aromatic nitrogens is 2. The van der Waals surface area contributed by atoms with Crippen LogP contribution >= 0.6 is 11.5 Å². The number of nitrogens with one attached hydrogen (secondary N) is 1. The Morgan fingerprint density at radius 1 is 1.27 bits per heavy atom. The summed E-state index contributed by atoms with van der Waals surface area (Å²) in [6.07, 6.45) is -3.78. The molecule has 8 heteroatoms. The minimum absolute atomic E-state index is 0.228. The van der Waals surface area contributed by atoms with Crippen molar-refractivity contribution in [2.45, 2.75) is 18.5 Å². The van der Waals surface area contributed by atoms with Gasteiger partial charge in [-0.2, -0.15) is 17.5 Å². The van der Waals surface area contributed by atoms with Gasteiger partial charge in [-0.05, 0) is 5.56 Å². The third kappa shape index (κ3) is 4.67. The average molecular weight is 331 g/mol. The maximum absolute atomic E-state index is 13.2. The number of methoxy groups -OCH3 is 1. The number of hydrogen-bond donors (Lipinski definition) is 1. The fraction of sp³-hybridized carbons (Fsp3) is 0.429. The molecule has 0 aliphatic carbocycles. The second-order valence-corrected chi connectivity index (χ2v) is 5.40. The highest BCUT2D eigenvalue weighted by molar-refractivity contribution is 7.09. The summed E-state index contributed by atoms with van der Waals surface area (Å²) in [6.45, 7) is 0.206. The van der Waals surface area contributed by atoms with Gasteiger partial charge in [0.1, 0.15) is 5.82 Å². The maximum Gasteiger partial charge on any atom is 0.397 e. The van der Waals surface area contributed by atoms with Crippen LogP contribution in [0.3, 0.4) is 0 Å². The first-order chi connectivity index (χ1) is 10.5. The third-order valence-electron chi connectivity index (χ3n) is 3.05. The van der Waals surface area contributed by atoms with E-state index in [1.165, 1.54) is 12.1 Å². The predicted octanol–water partition coefficient (Wildman–Crippen LogP) is 3.49. The minimum Gasteiger partial charge on any atom is -0.384 e. The zero-order valence-corrected chi connectivity index (χ0v) is 12.7. The molecule has 2 rings (SSSR count). The van der Waals surface area contributed by atoms with Crippen LogP contribution in [0.5, 0.6) is 0 Å². The Morgan fingerprint density at radius 3 is 2.64 bits per heavy atom. The number of nitrogens with zero attached hydrogens (tertiary/aromatic N) is 2. The average Bonchev–Trinajstić information content (AvgIpc) is 2.93. The van der Waals surface area contributed by atoms with E-state index in [-0.39, 0.29) is 12.1 Å². The summed E-state index contributed by atoms with van der Waals surface area (Å²) in [4.78, 5) is 4.14. The Hall–Kier alpha value is -1.67. The fourth-order valence-electron chi connectivity index (χ4n) is 1.92. The molecule has 0 saturated carbocycles. The van der Waals surface area contributed by atoms with Gasteiger partial charge in [0.15, 0.2) is 0 Å². The lowest BCUT2D eigenvalue weighted by atomic mass is 9.99. The number of benzene rings is 1. The largest absolute Gasteiger partial charge is 0.397 e. The van der Waals surface area contributed by atoms with Crippen molar-refractivity contribution in [2.75, 3.05) is 25.6 Å². The molecule has 2 aromatic rings. The fourth-order valence-corrected chi connectivity index (χ4v) is 2.54. The number of halogens is 3. The number of anilines is 1. The van der Waals surface area contributed by atoms with Crippen LogP contribution in [0.4, 0.5) is 18.3 Å². The number of ether oxygens (including phenoxy) is 1. The molecular weight excluding hydrogens is 315 g/mol. The SMILES string of the molecule is COCCc1nsc(NCC(c2ccccc2)C(F)(F)F)n1. The van der Waals surface area contributed by atoms with E-state index in [9.17, 15) is 13.2 Å². The first-order valence-electron chi connectivity index (χ1n) is 6.67. The quantitative estimate of drug-likeness (QED) is 0.844. The van der Waals surface area contributed by atoms with Crippen LogP contribution in [-0.2, 0) is 11.2 Å². The topological polar surface area (TPSA) is 47.0 Å². The van der Waals surface area contributed by atoms with Gasteiger partial charge in [-0.25, -0.2) is 4.98 Å². The number of hydrogen-bond acceptors (Lipinski definition) is 5. The molecule has 1 N–H and O–H groups in total. The van der Waals surface area contributed by atoms with Gasteiger partial charge in [0.05, 0.1) is 12.5 Å². The van der Waals surface area contributed by atoms with E-state index in [2.05, 4.69) is 14.7 Å². The summed E-state index contributed by atoms with van der Waals surface area (Å²) < 4.78 is 48.6. The molecular formula is C14H16F3N3OS. The van der Waals surface area contributed by atoms with Gasteiger partial charge in [0.2, 0.25) is 5.13 Å². The highest BCUT2D eigenvalue weighted by Gasteiger charge is 2.40.